The molecule has 0 aliphatic heterocycles. The first-order valence-electron chi connectivity index (χ1n) is 5.26. The van der Waals surface area contributed by atoms with Gasteiger partial charge in [-0.15, -0.1) is 0 Å². The third-order valence-corrected chi connectivity index (χ3v) is 1.77. The predicted octanol–water partition coefficient (Wildman–Crippen LogP) is 0.0912. The van der Waals surface area contributed by atoms with Crippen molar-refractivity contribution < 1.29 is 24.5 Å². The molecule has 5 heteroatoms. The fraction of sp³-hybridized carbons (Fsp3) is 0.900. The van der Waals surface area contributed by atoms with E-state index in [2.05, 4.69) is 0 Å². The van der Waals surface area contributed by atoms with Crippen molar-refractivity contribution in [3.05, 3.63) is 0 Å². The molecular formula is C10H20O5. The average molecular weight is 220 g/mol. The van der Waals surface area contributed by atoms with Gasteiger partial charge in [-0.25, -0.2) is 0 Å². The smallest absolute Gasteiger partial charge is 0.305 e. The molecule has 0 saturated heterocycles. The Kier molecular flexibility index (Phi) is 10.9. The number of aliphatic hydroxyl groups is 2. The van der Waals surface area contributed by atoms with Crippen LogP contribution in [0.5, 0.6) is 0 Å². The number of carbonyl (C=O) groups is 1. The molecule has 5 nitrogen and oxygen atoms in total. The minimum absolute atomic E-state index is 0.0187. The molecular weight excluding hydrogens is 200 g/mol. The van der Waals surface area contributed by atoms with Crippen LogP contribution in [-0.2, 0) is 14.3 Å². The Morgan fingerprint density at radius 1 is 0.933 bits per heavy atom. The minimum atomic E-state index is -0.236. The Balaban J connectivity index is 3.11. The van der Waals surface area contributed by atoms with E-state index in [4.69, 9.17) is 19.7 Å². The number of hydrogen-bond acceptors (Lipinski definition) is 5. The summed E-state index contributed by atoms with van der Waals surface area (Å²) in [6.07, 6.45) is 2.70. The third-order valence-electron chi connectivity index (χ3n) is 1.77. The van der Waals surface area contributed by atoms with Gasteiger partial charge in [0.25, 0.3) is 0 Å². The number of carbonyl (C=O) groups excluding carboxylic acids is 1. The van der Waals surface area contributed by atoms with Gasteiger partial charge in [0.05, 0.1) is 19.8 Å². The van der Waals surface area contributed by atoms with E-state index < -0.39 is 0 Å². The molecule has 0 amide bonds. The molecule has 2 N–H and O–H groups in total. The van der Waals surface area contributed by atoms with Crippen LogP contribution < -0.4 is 0 Å². The van der Waals surface area contributed by atoms with Crippen molar-refractivity contribution in [1.82, 2.24) is 0 Å². The Morgan fingerprint density at radius 3 is 2.40 bits per heavy atom. The molecule has 0 aliphatic carbocycles. The minimum Gasteiger partial charge on any atom is -0.463 e. The summed E-state index contributed by atoms with van der Waals surface area (Å²) >= 11 is 0. The van der Waals surface area contributed by atoms with Crippen molar-refractivity contribution in [3.63, 3.8) is 0 Å². The molecule has 0 aliphatic rings. The van der Waals surface area contributed by atoms with E-state index in [1.54, 1.807) is 0 Å². The zero-order valence-corrected chi connectivity index (χ0v) is 8.98. The molecule has 0 unspecified atom stereocenters. The number of esters is 1. The van der Waals surface area contributed by atoms with E-state index >= 15 is 0 Å². The Labute approximate surface area is 90.0 Å². The first-order chi connectivity index (χ1) is 7.31. The molecule has 90 valence electrons. The van der Waals surface area contributed by atoms with Crippen LogP contribution in [0.3, 0.4) is 0 Å². The van der Waals surface area contributed by atoms with Crippen molar-refractivity contribution in [2.24, 2.45) is 0 Å². The lowest BCUT2D eigenvalue weighted by molar-refractivity contribution is -0.145. The largest absolute Gasteiger partial charge is 0.463 e. The Bertz CT molecular complexity index is 149. The summed E-state index contributed by atoms with van der Waals surface area (Å²) in [7, 11) is 0. The highest BCUT2D eigenvalue weighted by Gasteiger charge is 2.01. The summed E-state index contributed by atoms with van der Waals surface area (Å²) in [4.78, 5) is 11.0. The van der Waals surface area contributed by atoms with Crippen molar-refractivity contribution in [2.45, 2.75) is 25.7 Å². The average Bonchev–Trinajstić information content (AvgIpc) is 2.24. The first-order valence-corrected chi connectivity index (χ1v) is 5.26. The van der Waals surface area contributed by atoms with Crippen LogP contribution >= 0.6 is 0 Å². The lowest BCUT2D eigenvalue weighted by Crippen LogP contribution is -2.11. The van der Waals surface area contributed by atoms with E-state index in [1.165, 1.54) is 0 Å². The second kappa shape index (κ2) is 11.4. The molecule has 0 radical (unpaired) electrons. The number of rotatable bonds is 10. The summed E-state index contributed by atoms with van der Waals surface area (Å²) in [5, 5.41) is 16.9. The fourth-order valence-corrected chi connectivity index (χ4v) is 1.01. The van der Waals surface area contributed by atoms with Crippen LogP contribution in [0.15, 0.2) is 0 Å². The van der Waals surface area contributed by atoms with Crippen LogP contribution in [0.25, 0.3) is 0 Å². The molecule has 0 aromatic heterocycles. The monoisotopic (exact) mass is 220 g/mol. The molecule has 15 heavy (non-hydrogen) atoms. The maximum absolute atomic E-state index is 11.0. The van der Waals surface area contributed by atoms with Gasteiger partial charge in [0, 0.05) is 13.0 Å². The first kappa shape index (κ1) is 14.3. The van der Waals surface area contributed by atoms with Gasteiger partial charge >= 0.3 is 5.97 Å². The van der Waals surface area contributed by atoms with E-state index in [0.29, 0.717) is 13.0 Å². The van der Waals surface area contributed by atoms with Crippen LogP contribution in [-0.4, -0.2) is 49.2 Å². The third kappa shape index (κ3) is 11.3. The molecule has 0 saturated carbocycles. The summed E-state index contributed by atoms with van der Waals surface area (Å²) in [6, 6.07) is 0. The van der Waals surface area contributed by atoms with Crippen LogP contribution in [0.2, 0.25) is 0 Å². The quantitative estimate of drug-likeness (QED) is 0.403. The zero-order valence-electron chi connectivity index (χ0n) is 8.98. The molecule has 0 atom stereocenters. The lowest BCUT2D eigenvalue weighted by atomic mass is 10.2. The highest BCUT2D eigenvalue weighted by Crippen LogP contribution is 2.00. The number of aliphatic hydroxyl groups excluding tert-OH is 2. The van der Waals surface area contributed by atoms with Gasteiger partial charge in [-0.1, -0.05) is 6.42 Å². The van der Waals surface area contributed by atoms with Crippen molar-refractivity contribution >= 4 is 5.97 Å². The lowest BCUT2D eigenvalue weighted by Gasteiger charge is -2.04. The van der Waals surface area contributed by atoms with Crippen LogP contribution in [0.4, 0.5) is 0 Å². The molecule has 0 aromatic rings. The van der Waals surface area contributed by atoms with Gasteiger partial charge < -0.3 is 19.7 Å². The standard InChI is InChI=1S/C10H20O5/c11-5-3-1-2-4-10(13)15-9-8-14-7-6-12/h11-12H,1-9H2. The van der Waals surface area contributed by atoms with Gasteiger partial charge in [0.1, 0.15) is 6.61 Å². The van der Waals surface area contributed by atoms with Crippen LogP contribution in [0, 0.1) is 0 Å². The number of hydrogen-bond donors (Lipinski definition) is 2. The topological polar surface area (TPSA) is 76.0 Å². The van der Waals surface area contributed by atoms with Gasteiger partial charge in [-0.2, -0.15) is 0 Å². The maximum Gasteiger partial charge on any atom is 0.305 e. The Hall–Kier alpha value is -0.650. The van der Waals surface area contributed by atoms with Crippen molar-refractivity contribution in [2.75, 3.05) is 33.0 Å². The molecule has 0 aromatic carbocycles. The Morgan fingerprint density at radius 2 is 1.73 bits per heavy atom. The highest BCUT2D eigenvalue weighted by atomic mass is 16.6. The van der Waals surface area contributed by atoms with Gasteiger partial charge in [-0.3, -0.25) is 4.79 Å². The predicted molar refractivity (Wildman–Crippen MR) is 54.4 cm³/mol. The van der Waals surface area contributed by atoms with E-state index in [0.717, 1.165) is 19.3 Å². The van der Waals surface area contributed by atoms with Crippen molar-refractivity contribution in [3.8, 4) is 0 Å². The molecule has 0 bridgehead atoms. The van der Waals surface area contributed by atoms with E-state index in [1.807, 2.05) is 0 Å². The zero-order chi connectivity index (χ0) is 11.4. The molecule has 0 fully saturated rings. The summed E-state index contributed by atoms with van der Waals surface area (Å²) in [5.41, 5.74) is 0. The molecule has 0 rings (SSSR count). The number of ether oxygens (including phenoxy) is 2. The second-order valence-electron chi connectivity index (χ2n) is 3.09. The summed E-state index contributed by atoms with van der Waals surface area (Å²) in [5.74, 6) is -0.236. The van der Waals surface area contributed by atoms with Crippen LogP contribution in [0.1, 0.15) is 25.7 Å². The SMILES string of the molecule is O=C(CCCCCO)OCCOCCO. The highest BCUT2D eigenvalue weighted by molar-refractivity contribution is 5.69. The molecule has 0 heterocycles. The van der Waals surface area contributed by atoms with Gasteiger partial charge in [0.2, 0.25) is 0 Å². The summed E-state index contributed by atoms with van der Waals surface area (Å²) < 4.78 is 9.78. The summed E-state index contributed by atoms with van der Waals surface area (Å²) in [6.45, 7) is 0.981. The van der Waals surface area contributed by atoms with Gasteiger partial charge in [0.15, 0.2) is 0 Å². The number of unbranched alkanes of at least 4 members (excludes halogenated alkanes) is 2. The van der Waals surface area contributed by atoms with E-state index in [-0.39, 0.29) is 32.4 Å². The maximum atomic E-state index is 11.0. The van der Waals surface area contributed by atoms with Gasteiger partial charge in [-0.05, 0) is 12.8 Å². The normalized spacial score (nSPS) is 10.3. The fourth-order valence-electron chi connectivity index (χ4n) is 1.01. The van der Waals surface area contributed by atoms with Crippen molar-refractivity contribution in [1.29, 1.82) is 0 Å². The molecule has 0 spiro atoms. The second-order valence-corrected chi connectivity index (χ2v) is 3.09. The van der Waals surface area contributed by atoms with E-state index in [9.17, 15) is 4.79 Å².